The first kappa shape index (κ1) is 27.1. The molecule has 0 radical (unpaired) electrons. The lowest BCUT2D eigenvalue weighted by Crippen LogP contribution is -2.44. The number of carbonyl (C=O) groups excluding carboxylic acids is 1. The van der Waals surface area contributed by atoms with Gasteiger partial charge in [-0.3, -0.25) is 9.78 Å². The van der Waals surface area contributed by atoms with Crippen LogP contribution >= 0.6 is 23.8 Å². The second-order valence-electron chi connectivity index (χ2n) is 9.37. The Morgan fingerprint density at radius 2 is 2.19 bits per heavy atom. The molecule has 0 aliphatic carbocycles. The Kier molecular flexibility index (Phi) is 8.53. The van der Waals surface area contributed by atoms with Gasteiger partial charge in [0.25, 0.3) is 5.91 Å². The Morgan fingerprint density at radius 3 is 2.89 bits per heavy atom. The van der Waals surface area contributed by atoms with Crippen LogP contribution in [0.5, 0.6) is 11.5 Å². The number of carbonyl (C=O) groups is 1. The molecular formula is C26H31ClN4O5S. The van der Waals surface area contributed by atoms with Gasteiger partial charge in [0.15, 0.2) is 5.75 Å². The molecule has 9 nitrogen and oxygen atoms in total. The first-order chi connectivity index (χ1) is 17.7. The molecule has 1 atom stereocenters. The first-order valence-electron chi connectivity index (χ1n) is 11.9. The number of halogens is 1. The average molecular weight is 547 g/mol. The van der Waals surface area contributed by atoms with E-state index in [1.165, 1.54) is 7.11 Å². The number of thiocarbonyl (C=S) groups is 1. The quantitative estimate of drug-likeness (QED) is 0.457. The summed E-state index contributed by atoms with van der Waals surface area (Å²) < 4.78 is 23.1. The van der Waals surface area contributed by atoms with Gasteiger partial charge in [-0.15, -0.1) is 0 Å². The van der Waals surface area contributed by atoms with Crippen LogP contribution in [0, 0.1) is 0 Å². The van der Waals surface area contributed by atoms with Crippen molar-refractivity contribution in [2.45, 2.75) is 38.5 Å². The Balaban J connectivity index is 1.47. The Hall–Kier alpha value is -2.92. The molecule has 37 heavy (non-hydrogen) atoms. The highest BCUT2D eigenvalue weighted by Crippen LogP contribution is 2.37. The van der Waals surface area contributed by atoms with Gasteiger partial charge in [-0.2, -0.15) is 0 Å². The minimum atomic E-state index is -0.314. The fourth-order valence-corrected chi connectivity index (χ4v) is 4.64. The van der Waals surface area contributed by atoms with Crippen LogP contribution in [0.1, 0.15) is 25.8 Å². The molecule has 11 heteroatoms. The zero-order valence-electron chi connectivity index (χ0n) is 21.1. The smallest absolute Gasteiger partial charge is 0.263 e. The second-order valence-corrected chi connectivity index (χ2v) is 10.2. The number of ether oxygens (including phenoxy) is 4. The molecule has 1 aromatic carbocycles. The maximum Gasteiger partial charge on any atom is 0.263 e. The summed E-state index contributed by atoms with van der Waals surface area (Å²) in [4.78, 5) is 19.2. The van der Waals surface area contributed by atoms with Gasteiger partial charge in [0.05, 0.1) is 48.4 Å². The third kappa shape index (κ3) is 6.32. The predicted octanol–water partition coefficient (Wildman–Crippen LogP) is 3.38. The van der Waals surface area contributed by atoms with Crippen LogP contribution in [-0.2, 0) is 20.8 Å². The summed E-state index contributed by atoms with van der Waals surface area (Å²) in [6.07, 6.45) is 3.70. The van der Waals surface area contributed by atoms with Gasteiger partial charge < -0.3 is 34.9 Å². The molecule has 0 saturated carbocycles. The fraction of sp³-hybridized carbons (Fsp3) is 0.423. The van der Waals surface area contributed by atoms with E-state index in [1.807, 2.05) is 19.9 Å². The van der Waals surface area contributed by atoms with Crippen molar-refractivity contribution >= 4 is 40.4 Å². The lowest BCUT2D eigenvalue weighted by molar-refractivity contribution is -0.181. The number of hydrogen-bond acceptors (Lipinski definition) is 8. The summed E-state index contributed by atoms with van der Waals surface area (Å²) in [5, 5.41) is 3.76. The first-order valence-corrected chi connectivity index (χ1v) is 12.7. The minimum Gasteiger partial charge on any atom is -0.493 e. The maximum atomic E-state index is 13.5. The number of rotatable bonds is 9. The van der Waals surface area contributed by atoms with Gasteiger partial charge in [0.2, 0.25) is 0 Å². The highest BCUT2D eigenvalue weighted by atomic mass is 35.5. The summed E-state index contributed by atoms with van der Waals surface area (Å²) in [6.45, 7) is 6.08. The standard InChI is InChI=1S/C26H31ClN4O5S/c1-26(2)15-35-17(14-36-26)13-34-21-12-29-9-7-16(21)11-30-19-8-10-31(25(32)22(19)24(28)37)20-6-4-5-18(27)23(20)33-3/h4-7,9,12,17,30H,8,10-11,13-15H2,1-3H3,(H2,28,37). The number of nitrogens with two attached hydrogens (primary N) is 1. The van der Waals surface area contributed by atoms with E-state index >= 15 is 0 Å². The molecule has 2 aliphatic rings. The zero-order valence-corrected chi connectivity index (χ0v) is 22.7. The van der Waals surface area contributed by atoms with E-state index in [2.05, 4.69) is 10.3 Å². The van der Waals surface area contributed by atoms with E-state index in [9.17, 15) is 4.79 Å². The van der Waals surface area contributed by atoms with Crippen molar-refractivity contribution in [3.8, 4) is 11.5 Å². The highest BCUT2D eigenvalue weighted by molar-refractivity contribution is 7.80. The molecule has 1 unspecified atom stereocenters. The van der Waals surface area contributed by atoms with Crippen molar-refractivity contribution < 1.29 is 23.7 Å². The molecule has 1 saturated heterocycles. The Morgan fingerprint density at radius 1 is 1.38 bits per heavy atom. The average Bonchev–Trinajstić information content (AvgIpc) is 2.87. The minimum absolute atomic E-state index is 0.0155. The third-order valence-electron chi connectivity index (χ3n) is 6.15. The molecule has 198 valence electrons. The van der Waals surface area contributed by atoms with Crippen molar-refractivity contribution in [2.24, 2.45) is 5.73 Å². The number of nitrogens with zero attached hydrogens (tertiary/aromatic N) is 2. The number of para-hydroxylation sites is 1. The number of benzene rings is 1. The number of amides is 1. The van der Waals surface area contributed by atoms with E-state index in [1.54, 1.807) is 35.5 Å². The number of hydrogen-bond donors (Lipinski definition) is 2. The van der Waals surface area contributed by atoms with E-state index in [0.29, 0.717) is 67.2 Å². The normalized spacial score (nSPS) is 19.5. The van der Waals surface area contributed by atoms with Crippen LogP contribution in [-0.4, -0.2) is 61.1 Å². The summed E-state index contributed by atoms with van der Waals surface area (Å²) in [5.74, 6) is 0.726. The van der Waals surface area contributed by atoms with Crippen LogP contribution in [0.25, 0.3) is 0 Å². The lowest BCUT2D eigenvalue weighted by Gasteiger charge is -2.34. The Labute approximate surface area is 226 Å². The topological polar surface area (TPSA) is 108 Å². The molecule has 1 amide bonds. The summed E-state index contributed by atoms with van der Waals surface area (Å²) >= 11 is 11.5. The van der Waals surface area contributed by atoms with Crippen LogP contribution < -0.4 is 25.4 Å². The van der Waals surface area contributed by atoms with Crippen molar-refractivity contribution in [1.29, 1.82) is 0 Å². The maximum absolute atomic E-state index is 13.5. The van der Waals surface area contributed by atoms with E-state index in [4.69, 9.17) is 48.5 Å². The van der Waals surface area contributed by atoms with Crippen molar-refractivity contribution in [3.05, 3.63) is 58.5 Å². The number of methoxy groups -OCH3 is 1. The van der Waals surface area contributed by atoms with Crippen LogP contribution in [0.4, 0.5) is 5.69 Å². The highest BCUT2D eigenvalue weighted by Gasteiger charge is 2.32. The molecule has 4 rings (SSSR count). The van der Waals surface area contributed by atoms with Gasteiger partial charge in [-0.05, 0) is 32.0 Å². The SMILES string of the molecule is COc1c(Cl)cccc1N1CCC(NCc2ccncc2OCC2COC(C)(C)CO2)=C(C(N)=S)C1=O. The monoisotopic (exact) mass is 546 g/mol. The van der Waals surface area contributed by atoms with Gasteiger partial charge in [-0.1, -0.05) is 29.9 Å². The lowest BCUT2D eigenvalue weighted by atomic mass is 10.0. The summed E-state index contributed by atoms with van der Waals surface area (Å²) in [6, 6.07) is 7.11. The van der Waals surface area contributed by atoms with Crippen molar-refractivity contribution in [3.63, 3.8) is 0 Å². The van der Waals surface area contributed by atoms with Gasteiger partial charge >= 0.3 is 0 Å². The van der Waals surface area contributed by atoms with Crippen LogP contribution in [0.15, 0.2) is 47.9 Å². The van der Waals surface area contributed by atoms with E-state index < -0.39 is 0 Å². The molecular weight excluding hydrogens is 516 g/mol. The van der Waals surface area contributed by atoms with Crippen LogP contribution in [0.2, 0.25) is 5.02 Å². The Bertz CT molecular complexity index is 1200. The number of aromatic nitrogens is 1. The molecule has 1 aromatic heterocycles. The molecule has 2 aromatic rings. The van der Waals surface area contributed by atoms with Gasteiger partial charge in [-0.25, -0.2) is 0 Å². The number of nitrogens with one attached hydrogen (secondary N) is 1. The van der Waals surface area contributed by atoms with E-state index in [0.717, 1.165) is 5.56 Å². The number of anilines is 1. The van der Waals surface area contributed by atoms with Crippen molar-refractivity contribution in [1.82, 2.24) is 10.3 Å². The van der Waals surface area contributed by atoms with Crippen LogP contribution in [0.3, 0.4) is 0 Å². The van der Waals surface area contributed by atoms with E-state index in [-0.39, 0.29) is 28.2 Å². The molecule has 3 heterocycles. The molecule has 3 N–H and O–H groups in total. The molecule has 0 spiro atoms. The van der Waals surface area contributed by atoms with Gasteiger partial charge in [0, 0.05) is 37.0 Å². The number of pyridine rings is 1. The third-order valence-corrected chi connectivity index (χ3v) is 6.65. The fourth-order valence-electron chi connectivity index (χ4n) is 4.18. The summed E-state index contributed by atoms with van der Waals surface area (Å²) in [7, 11) is 1.51. The summed E-state index contributed by atoms with van der Waals surface area (Å²) in [5.41, 5.74) is 8.08. The molecule has 1 fully saturated rings. The predicted molar refractivity (Wildman–Crippen MR) is 145 cm³/mol. The largest absolute Gasteiger partial charge is 0.493 e. The van der Waals surface area contributed by atoms with Crippen molar-refractivity contribution in [2.75, 3.05) is 38.4 Å². The van der Waals surface area contributed by atoms with Gasteiger partial charge in [0.1, 0.15) is 23.4 Å². The molecule has 2 aliphatic heterocycles. The molecule has 0 bridgehead atoms. The second kappa shape index (κ2) is 11.6. The zero-order chi connectivity index (χ0) is 26.6.